The largest absolute Gasteiger partial charge is 0.413 e. The molecule has 0 aromatic carbocycles. The number of nitrogens with zero attached hydrogens (tertiary/aromatic N) is 3. The Morgan fingerprint density at radius 2 is 2.00 bits per heavy atom. The van der Waals surface area contributed by atoms with Crippen LogP contribution in [-0.4, -0.2) is 49.8 Å². The molecule has 0 N–H and O–H groups in total. The third-order valence-corrected chi connectivity index (χ3v) is 11.2. The third-order valence-electron chi connectivity index (χ3n) is 4.89. The molecular weight excluding hydrogens is 330 g/mol. The third kappa shape index (κ3) is 4.04. The van der Waals surface area contributed by atoms with Gasteiger partial charge in [-0.05, 0) is 31.0 Å². The molecule has 0 amide bonds. The van der Waals surface area contributed by atoms with Crippen molar-refractivity contribution in [3.8, 4) is 0 Å². The summed E-state index contributed by atoms with van der Waals surface area (Å²) >= 11 is 0. The molecule has 1 fully saturated rings. The number of rotatable bonds is 4. The number of aromatic nitrogens is 2. The Morgan fingerprint density at radius 1 is 1.35 bits per heavy atom. The molecule has 1 aromatic heterocycles. The molecule has 1 aliphatic heterocycles. The van der Waals surface area contributed by atoms with Gasteiger partial charge in [0.1, 0.15) is 0 Å². The van der Waals surface area contributed by atoms with Crippen molar-refractivity contribution >= 4 is 18.3 Å². The Balaban J connectivity index is 2.12. The summed E-state index contributed by atoms with van der Waals surface area (Å²) in [6.07, 6.45) is 4.78. The second-order valence-corrected chi connectivity index (χ2v) is 14.5. The van der Waals surface area contributed by atoms with Crippen LogP contribution in [0.4, 0.5) is 0 Å². The minimum absolute atomic E-state index is 0.0249. The molecule has 1 atom stereocenters. The Bertz CT molecular complexity index is 649. The first-order valence-electron chi connectivity index (χ1n) is 8.09. The molecule has 8 heteroatoms. The SMILES string of the molecule is Cn1cnc(S(=O)(=O)N2CCC[C@H](O[Si](C)(C)C(C)(C)C)C2)c1. The van der Waals surface area contributed by atoms with Gasteiger partial charge < -0.3 is 8.99 Å². The maximum absolute atomic E-state index is 12.7. The van der Waals surface area contributed by atoms with Crippen molar-refractivity contribution in [2.45, 2.75) is 62.9 Å². The summed E-state index contributed by atoms with van der Waals surface area (Å²) < 4.78 is 35.0. The van der Waals surface area contributed by atoms with Gasteiger partial charge in [-0.15, -0.1) is 0 Å². The lowest BCUT2D eigenvalue weighted by atomic mass is 10.1. The van der Waals surface area contributed by atoms with Gasteiger partial charge in [-0.1, -0.05) is 20.8 Å². The van der Waals surface area contributed by atoms with E-state index in [1.807, 2.05) is 0 Å². The Morgan fingerprint density at radius 3 is 2.52 bits per heavy atom. The van der Waals surface area contributed by atoms with Gasteiger partial charge in [0.25, 0.3) is 10.0 Å². The molecule has 0 aliphatic carbocycles. The molecule has 6 nitrogen and oxygen atoms in total. The van der Waals surface area contributed by atoms with Crippen LogP contribution in [0, 0.1) is 0 Å². The van der Waals surface area contributed by atoms with E-state index >= 15 is 0 Å². The molecule has 1 saturated heterocycles. The fraction of sp³-hybridized carbons (Fsp3) is 0.800. The van der Waals surface area contributed by atoms with E-state index in [1.54, 1.807) is 17.8 Å². The zero-order valence-electron chi connectivity index (χ0n) is 15.0. The monoisotopic (exact) mass is 359 g/mol. The highest BCUT2D eigenvalue weighted by Crippen LogP contribution is 2.38. The van der Waals surface area contributed by atoms with Gasteiger partial charge in [-0.3, -0.25) is 0 Å². The summed E-state index contributed by atoms with van der Waals surface area (Å²) in [7, 11) is -3.66. The van der Waals surface area contributed by atoms with Gasteiger partial charge in [0, 0.05) is 26.3 Å². The number of sulfonamides is 1. The van der Waals surface area contributed by atoms with Gasteiger partial charge >= 0.3 is 0 Å². The van der Waals surface area contributed by atoms with E-state index in [1.165, 1.54) is 10.6 Å². The maximum Gasteiger partial charge on any atom is 0.262 e. The van der Waals surface area contributed by atoms with Crippen LogP contribution in [-0.2, 0) is 21.5 Å². The first kappa shape index (κ1) is 18.6. The summed E-state index contributed by atoms with van der Waals surface area (Å²) in [4.78, 5) is 4.00. The van der Waals surface area contributed by atoms with E-state index in [0.29, 0.717) is 13.1 Å². The van der Waals surface area contributed by atoms with Crippen LogP contribution in [0.1, 0.15) is 33.6 Å². The second-order valence-electron chi connectivity index (χ2n) is 7.88. The average molecular weight is 360 g/mol. The molecular formula is C15H29N3O3SSi. The summed E-state index contributed by atoms with van der Waals surface area (Å²) in [5.74, 6) is 0. The molecule has 132 valence electrons. The fourth-order valence-corrected chi connectivity index (χ4v) is 5.32. The Kier molecular flexibility index (Phi) is 5.11. The van der Waals surface area contributed by atoms with Crippen molar-refractivity contribution < 1.29 is 12.8 Å². The van der Waals surface area contributed by atoms with Gasteiger partial charge in [0.05, 0.1) is 12.4 Å². The molecule has 0 unspecified atom stereocenters. The smallest absolute Gasteiger partial charge is 0.262 e. The summed E-state index contributed by atoms with van der Waals surface area (Å²) in [5, 5.41) is 0.239. The van der Waals surface area contributed by atoms with Crippen LogP contribution in [0.2, 0.25) is 18.1 Å². The zero-order chi connectivity index (χ0) is 17.5. The highest BCUT2D eigenvalue weighted by atomic mass is 32.2. The van der Waals surface area contributed by atoms with Crippen LogP contribution in [0.5, 0.6) is 0 Å². The quantitative estimate of drug-likeness (QED) is 0.775. The van der Waals surface area contributed by atoms with Gasteiger partial charge in [-0.2, -0.15) is 4.31 Å². The van der Waals surface area contributed by atoms with E-state index in [4.69, 9.17) is 4.43 Å². The predicted octanol–water partition coefficient (Wildman–Crippen LogP) is 2.59. The molecule has 0 saturated carbocycles. The number of hydrogen-bond donors (Lipinski definition) is 0. The van der Waals surface area contributed by atoms with Gasteiger partial charge in [0.2, 0.25) is 0 Å². The molecule has 0 bridgehead atoms. The normalized spacial score (nSPS) is 21.6. The molecule has 23 heavy (non-hydrogen) atoms. The van der Waals surface area contributed by atoms with Crippen molar-refractivity contribution in [2.75, 3.05) is 13.1 Å². The van der Waals surface area contributed by atoms with Gasteiger partial charge in [-0.25, -0.2) is 13.4 Å². The number of aryl methyl sites for hydroxylation is 1. The maximum atomic E-state index is 12.7. The van der Waals surface area contributed by atoms with E-state index < -0.39 is 18.3 Å². The molecule has 0 spiro atoms. The number of piperidine rings is 1. The van der Waals surface area contributed by atoms with Crippen LogP contribution in [0.15, 0.2) is 17.6 Å². The molecule has 1 aliphatic rings. The minimum atomic E-state index is -3.53. The predicted molar refractivity (Wildman–Crippen MR) is 93.3 cm³/mol. The van der Waals surface area contributed by atoms with E-state index in [-0.39, 0.29) is 16.2 Å². The van der Waals surface area contributed by atoms with E-state index in [9.17, 15) is 8.42 Å². The van der Waals surface area contributed by atoms with Crippen molar-refractivity contribution in [3.05, 3.63) is 12.5 Å². The van der Waals surface area contributed by atoms with Crippen LogP contribution < -0.4 is 0 Å². The lowest BCUT2D eigenvalue weighted by molar-refractivity contribution is 0.115. The van der Waals surface area contributed by atoms with Crippen molar-refractivity contribution in [2.24, 2.45) is 7.05 Å². The van der Waals surface area contributed by atoms with E-state index in [2.05, 4.69) is 38.8 Å². The summed E-state index contributed by atoms with van der Waals surface area (Å²) in [5.41, 5.74) is 0. The average Bonchev–Trinajstić information content (AvgIpc) is 2.84. The molecule has 0 radical (unpaired) electrons. The highest BCUT2D eigenvalue weighted by Gasteiger charge is 2.41. The molecule has 2 heterocycles. The topological polar surface area (TPSA) is 64.4 Å². The fourth-order valence-electron chi connectivity index (χ4n) is 2.47. The molecule has 2 rings (SSSR count). The number of imidazole rings is 1. The van der Waals surface area contributed by atoms with Crippen LogP contribution >= 0.6 is 0 Å². The lowest BCUT2D eigenvalue weighted by Gasteiger charge is -2.42. The van der Waals surface area contributed by atoms with Gasteiger partial charge in [0.15, 0.2) is 13.3 Å². The van der Waals surface area contributed by atoms with Crippen LogP contribution in [0.3, 0.4) is 0 Å². The van der Waals surface area contributed by atoms with E-state index in [0.717, 1.165) is 12.8 Å². The zero-order valence-corrected chi connectivity index (χ0v) is 16.9. The van der Waals surface area contributed by atoms with Crippen LogP contribution in [0.25, 0.3) is 0 Å². The first-order valence-corrected chi connectivity index (χ1v) is 12.4. The standard InChI is InChI=1S/C15H29N3O3SSi/c1-15(2,3)23(5,6)21-13-8-7-9-18(10-13)22(19,20)14-11-17(4)12-16-14/h11-13H,7-10H2,1-6H3/t13-/m0/s1. The Hall–Kier alpha value is -0.703. The first-order chi connectivity index (χ1) is 10.4. The summed E-state index contributed by atoms with van der Waals surface area (Å²) in [6, 6.07) is 0. The van der Waals surface area contributed by atoms with Crippen molar-refractivity contribution in [1.29, 1.82) is 0 Å². The number of hydrogen-bond acceptors (Lipinski definition) is 4. The lowest BCUT2D eigenvalue weighted by Crippen LogP contribution is -2.50. The molecule has 1 aromatic rings. The highest BCUT2D eigenvalue weighted by molar-refractivity contribution is 7.89. The Labute approximate surface area is 141 Å². The minimum Gasteiger partial charge on any atom is -0.413 e. The van der Waals surface area contributed by atoms with Crippen molar-refractivity contribution in [3.63, 3.8) is 0 Å². The summed E-state index contributed by atoms with van der Waals surface area (Å²) in [6.45, 7) is 12.0. The second kappa shape index (κ2) is 6.31. The van der Waals surface area contributed by atoms with Crippen molar-refractivity contribution in [1.82, 2.24) is 13.9 Å².